The number of thioether (sulfide) groups is 1. The minimum atomic E-state index is -0.858. The number of aromatic nitrogens is 2. The van der Waals surface area contributed by atoms with E-state index in [2.05, 4.69) is 9.97 Å². The molecule has 0 aliphatic rings. The van der Waals surface area contributed by atoms with E-state index in [1.54, 1.807) is 11.3 Å². The second-order valence-corrected chi connectivity index (χ2v) is 7.79. The number of rotatable bonds is 5. The lowest BCUT2D eigenvalue weighted by Gasteiger charge is -2.00. The van der Waals surface area contributed by atoms with Crippen LogP contribution in [0.4, 0.5) is 0 Å². The molecule has 2 N–H and O–H groups in total. The first kappa shape index (κ1) is 15.3. The minimum absolute atomic E-state index is 0.0380. The van der Waals surface area contributed by atoms with Crippen LogP contribution in [0.1, 0.15) is 11.3 Å². The molecule has 3 heterocycles. The third-order valence-electron chi connectivity index (χ3n) is 3.04. The molecule has 0 unspecified atom stereocenters. The lowest BCUT2D eigenvalue weighted by atomic mass is 10.1. The summed E-state index contributed by atoms with van der Waals surface area (Å²) in [6.07, 6.45) is 0.0380. The van der Waals surface area contributed by atoms with Gasteiger partial charge in [-0.3, -0.25) is 9.59 Å². The number of aromatic amines is 1. The number of carboxylic acid groups (broad SMARTS) is 1. The van der Waals surface area contributed by atoms with Gasteiger partial charge in [0.25, 0.3) is 5.56 Å². The smallest absolute Gasteiger partial charge is 0.304 e. The summed E-state index contributed by atoms with van der Waals surface area (Å²) in [5, 5.41) is 11.7. The van der Waals surface area contributed by atoms with Crippen molar-refractivity contribution in [3.63, 3.8) is 0 Å². The number of thiophene rings is 2. The average Bonchev–Trinajstić information content (AvgIpc) is 3.04. The molecule has 3 aromatic heterocycles. The van der Waals surface area contributed by atoms with Crippen LogP contribution in [0, 0.1) is 6.92 Å². The highest BCUT2D eigenvalue weighted by Gasteiger charge is 2.17. The van der Waals surface area contributed by atoms with Crippen molar-refractivity contribution < 1.29 is 9.90 Å². The molecule has 0 radical (unpaired) electrons. The molecule has 3 rings (SSSR count). The Morgan fingerprint density at radius 1 is 1.50 bits per heavy atom. The molecule has 0 bridgehead atoms. The lowest BCUT2D eigenvalue weighted by Crippen LogP contribution is -2.09. The molecule has 0 fully saturated rings. The van der Waals surface area contributed by atoms with E-state index in [1.807, 2.05) is 24.4 Å². The standard InChI is InChI=1S/C14H12N2O3S3/c1-7-10(8-3-2-5-20-8)11-12(19)15-14(16-13(11)22-7)21-6-4-9(17)18/h2-3,5H,4,6H2,1H3,(H,17,18)(H,15,16,19). The molecule has 0 aliphatic heterocycles. The number of carbonyl (C=O) groups is 1. The third kappa shape index (κ3) is 2.94. The molecule has 0 aromatic carbocycles. The predicted octanol–water partition coefficient (Wildman–Crippen LogP) is 3.59. The number of carboxylic acids is 1. The van der Waals surface area contributed by atoms with Crippen LogP contribution in [0.25, 0.3) is 20.7 Å². The Hall–Kier alpha value is -1.64. The van der Waals surface area contributed by atoms with E-state index in [0.29, 0.717) is 21.1 Å². The quantitative estimate of drug-likeness (QED) is 0.541. The third-order valence-corrected chi connectivity index (χ3v) is 5.80. The van der Waals surface area contributed by atoms with Crippen molar-refractivity contribution in [3.05, 3.63) is 32.7 Å². The fourth-order valence-corrected chi connectivity index (χ4v) is 4.90. The predicted molar refractivity (Wildman–Crippen MR) is 91.3 cm³/mol. The van der Waals surface area contributed by atoms with Crippen molar-refractivity contribution >= 4 is 50.6 Å². The van der Waals surface area contributed by atoms with E-state index in [-0.39, 0.29) is 12.0 Å². The molecule has 3 aromatic rings. The highest BCUT2D eigenvalue weighted by molar-refractivity contribution is 7.99. The zero-order valence-electron chi connectivity index (χ0n) is 11.6. The van der Waals surface area contributed by atoms with E-state index in [0.717, 1.165) is 15.3 Å². The molecule has 5 nitrogen and oxygen atoms in total. The molecule has 22 heavy (non-hydrogen) atoms. The van der Waals surface area contributed by atoms with Gasteiger partial charge in [-0.15, -0.1) is 22.7 Å². The zero-order chi connectivity index (χ0) is 15.7. The van der Waals surface area contributed by atoms with Crippen LogP contribution in [0.5, 0.6) is 0 Å². The highest BCUT2D eigenvalue weighted by atomic mass is 32.2. The summed E-state index contributed by atoms with van der Waals surface area (Å²) >= 11 is 4.34. The topological polar surface area (TPSA) is 83.0 Å². The van der Waals surface area contributed by atoms with Crippen LogP contribution in [0.2, 0.25) is 0 Å². The number of hydrogen-bond acceptors (Lipinski definition) is 6. The Labute approximate surface area is 138 Å². The molecule has 0 saturated carbocycles. The monoisotopic (exact) mass is 352 g/mol. The molecule has 0 saturated heterocycles. The maximum atomic E-state index is 12.4. The van der Waals surface area contributed by atoms with Gasteiger partial charge in [-0.1, -0.05) is 17.8 Å². The van der Waals surface area contributed by atoms with Crippen molar-refractivity contribution in [2.24, 2.45) is 0 Å². The van der Waals surface area contributed by atoms with Crippen LogP contribution in [0.3, 0.4) is 0 Å². The summed E-state index contributed by atoms with van der Waals surface area (Å²) in [6.45, 7) is 1.98. The molecule has 114 valence electrons. The van der Waals surface area contributed by atoms with Gasteiger partial charge in [-0.25, -0.2) is 4.98 Å². The summed E-state index contributed by atoms with van der Waals surface area (Å²) in [6, 6.07) is 3.95. The number of aliphatic carboxylic acids is 1. The number of nitrogens with zero attached hydrogens (tertiary/aromatic N) is 1. The van der Waals surface area contributed by atoms with E-state index in [4.69, 9.17) is 5.11 Å². The summed E-state index contributed by atoms with van der Waals surface area (Å²) in [5.41, 5.74) is 0.779. The fraction of sp³-hybridized carbons (Fsp3) is 0.214. The van der Waals surface area contributed by atoms with Gasteiger partial charge >= 0.3 is 5.97 Å². The van der Waals surface area contributed by atoms with Gasteiger partial charge in [0.2, 0.25) is 0 Å². The Kier molecular flexibility index (Phi) is 4.32. The van der Waals surface area contributed by atoms with Crippen molar-refractivity contribution in [2.45, 2.75) is 18.5 Å². The van der Waals surface area contributed by atoms with Gasteiger partial charge in [0.1, 0.15) is 4.83 Å². The Morgan fingerprint density at radius 3 is 3.00 bits per heavy atom. The first-order valence-corrected chi connectivity index (χ1v) is 9.16. The van der Waals surface area contributed by atoms with Crippen LogP contribution in [-0.4, -0.2) is 26.8 Å². The number of H-pyrrole nitrogens is 1. The van der Waals surface area contributed by atoms with Crippen LogP contribution in [0.15, 0.2) is 27.5 Å². The Morgan fingerprint density at radius 2 is 2.32 bits per heavy atom. The summed E-state index contributed by atoms with van der Waals surface area (Å²) < 4.78 is 0. The van der Waals surface area contributed by atoms with E-state index in [9.17, 15) is 9.59 Å². The zero-order valence-corrected chi connectivity index (χ0v) is 14.0. The molecular formula is C14H12N2O3S3. The Balaban J connectivity index is 2.02. The van der Waals surface area contributed by atoms with Crippen LogP contribution >= 0.6 is 34.4 Å². The van der Waals surface area contributed by atoms with Gasteiger partial charge in [-0.2, -0.15) is 0 Å². The number of nitrogens with one attached hydrogen (secondary N) is 1. The average molecular weight is 352 g/mol. The molecule has 0 aliphatic carbocycles. The first-order valence-electron chi connectivity index (χ1n) is 6.48. The lowest BCUT2D eigenvalue weighted by molar-refractivity contribution is -0.136. The summed E-state index contributed by atoms with van der Waals surface area (Å²) in [7, 11) is 0. The van der Waals surface area contributed by atoms with Crippen LogP contribution in [-0.2, 0) is 4.79 Å². The number of aryl methyl sites for hydroxylation is 1. The van der Waals surface area contributed by atoms with Crippen molar-refractivity contribution in [3.8, 4) is 10.4 Å². The largest absolute Gasteiger partial charge is 0.481 e. The SMILES string of the molecule is Cc1sc2nc(SCCC(=O)O)[nH]c(=O)c2c1-c1cccs1. The molecule has 0 atom stereocenters. The van der Waals surface area contributed by atoms with Crippen molar-refractivity contribution in [2.75, 3.05) is 5.75 Å². The van der Waals surface area contributed by atoms with Crippen LogP contribution < -0.4 is 5.56 Å². The van der Waals surface area contributed by atoms with Gasteiger partial charge in [0, 0.05) is 21.1 Å². The van der Waals surface area contributed by atoms with Gasteiger partial charge in [0.15, 0.2) is 5.16 Å². The van der Waals surface area contributed by atoms with E-state index < -0.39 is 5.97 Å². The number of hydrogen-bond donors (Lipinski definition) is 2. The minimum Gasteiger partial charge on any atom is -0.481 e. The van der Waals surface area contributed by atoms with Gasteiger partial charge in [0.05, 0.1) is 11.8 Å². The molecule has 8 heteroatoms. The van der Waals surface area contributed by atoms with E-state index in [1.165, 1.54) is 23.1 Å². The van der Waals surface area contributed by atoms with Crippen molar-refractivity contribution in [1.82, 2.24) is 9.97 Å². The second kappa shape index (κ2) is 6.23. The molecule has 0 amide bonds. The first-order chi connectivity index (χ1) is 10.6. The van der Waals surface area contributed by atoms with Crippen molar-refractivity contribution in [1.29, 1.82) is 0 Å². The maximum absolute atomic E-state index is 12.4. The maximum Gasteiger partial charge on any atom is 0.304 e. The second-order valence-electron chi connectivity index (χ2n) is 4.55. The molecular weight excluding hydrogens is 340 g/mol. The highest BCUT2D eigenvalue weighted by Crippen LogP contribution is 2.38. The molecule has 0 spiro atoms. The normalized spacial score (nSPS) is 11.1. The van der Waals surface area contributed by atoms with Gasteiger partial charge < -0.3 is 10.1 Å². The summed E-state index contributed by atoms with van der Waals surface area (Å²) in [4.78, 5) is 33.0. The van der Waals surface area contributed by atoms with E-state index >= 15 is 0 Å². The fourth-order valence-electron chi connectivity index (χ4n) is 2.12. The summed E-state index contributed by atoms with van der Waals surface area (Å²) in [5.74, 6) is -0.478. The Bertz CT molecular complexity index is 881. The van der Waals surface area contributed by atoms with Gasteiger partial charge in [-0.05, 0) is 18.4 Å². The number of fused-ring (bicyclic) bond motifs is 1.